The van der Waals surface area contributed by atoms with Crippen molar-refractivity contribution >= 4 is 12.0 Å². The lowest BCUT2D eigenvalue weighted by Crippen LogP contribution is -2.48. The molecule has 0 aliphatic carbocycles. The Labute approximate surface area is 197 Å². The Bertz CT molecular complexity index is 1180. The van der Waals surface area contributed by atoms with Gasteiger partial charge in [-0.15, -0.1) is 0 Å². The van der Waals surface area contributed by atoms with E-state index >= 15 is 0 Å². The summed E-state index contributed by atoms with van der Waals surface area (Å²) in [5, 5.41) is 9.72. The van der Waals surface area contributed by atoms with Gasteiger partial charge in [0.2, 0.25) is 5.91 Å². The molecule has 0 saturated heterocycles. The van der Waals surface area contributed by atoms with Crippen molar-refractivity contribution in [2.24, 2.45) is 0 Å². The molecule has 1 heterocycles. The van der Waals surface area contributed by atoms with Crippen molar-refractivity contribution in [1.29, 1.82) is 0 Å². The summed E-state index contributed by atoms with van der Waals surface area (Å²) in [7, 11) is 0. The van der Waals surface area contributed by atoms with Crippen LogP contribution in [0.1, 0.15) is 16.7 Å². The predicted molar refractivity (Wildman–Crippen MR) is 127 cm³/mol. The Kier molecular flexibility index (Phi) is 7.63. The summed E-state index contributed by atoms with van der Waals surface area (Å²) in [5.41, 5.74) is 3.60. The van der Waals surface area contributed by atoms with Gasteiger partial charge in [0, 0.05) is 13.0 Å². The SMILES string of the molecule is O=C(NC(Cc1ccccc1)C(=O)NCc1ccc(-n2cncn2)cc1)OCc1ccccc1. The molecule has 0 bridgehead atoms. The van der Waals surface area contributed by atoms with Crippen LogP contribution in [0.15, 0.2) is 97.6 Å². The van der Waals surface area contributed by atoms with Gasteiger partial charge in [-0.3, -0.25) is 4.79 Å². The number of amides is 2. The summed E-state index contributed by atoms with van der Waals surface area (Å²) >= 11 is 0. The zero-order valence-corrected chi connectivity index (χ0v) is 18.5. The van der Waals surface area contributed by atoms with Gasteiger partial charge in [-0.1, -0.05) is 72.8 Å². The molecule has 1 unspecified atom stereocenters. The maximum Gasteiger partial charge on any atom is 0.408 e. The number of aromatic nitrogens is 3. The Morgan fingerprint density at radius 2 is 1.53 bits per heavy atom. The van der Waals surface area contributed by atoms with Crippen molar-refractivity contribution < 1.29 is 14.3 Å². The minimum absolute atomic E-state index is 0.129. The van der Waals surface area contributed by atoms with Gasteiger partial charge in [0.25, 0.3) is 0 Å². The van der Waals surface area contributed by atoms with E-state index in [-0.39, 0.29) is 12.5 Å². The van der Waals surface area contributed by atoms with Crippen molar-refractivity contribution in [2.45, 2.75) is 25.6 Å². The average molecular weight is 456 g/mol. The van der Waals surface area contributed by atoms with Crippen LogP contribution in [0.3, 0.4) is 0 Å². The second kappa shape index (κ2) is 11.4. The van der Waals surface area contributed by atoms with Gasteiger partial charge in [-0.25, -0.2) is 14.5 Å². The molecular formula is C26H25N5O3. The number of carbonyl (C=O) groups excluding carboxylic acids is 2. The smallest absolute Gasteiger partial charge is 0.408 e. The molecule has 2 N–H and O–H groups in total. The fourth-order valence-corrected chi connectivity index (χ4v) is 3.39. The highest BCUT2D eigenvalue weighted by molar-refractivity contribution is 5.85. The highest BCUT2D eigenvalue weighted by Gasteiger charge is 2.22. The molecule has 3 aromatic carbocycles. The van der Waals surface area contributed by atoms with Crippen LogP contribution < -0.4 is 10.6 Å². The highest BCUT2D eigenvalue weighted by atomic mass is 16.5. The maximum absolute atomic E-state index is 13.0. The quantitative estimate of drug-likeness (QED) is 0.403. The van der Waals surface area contributed by atoms with E-state index in [2.05, 4.69) is 20.7 Å². The van der Waals surface area contributed by atoms with Crippen LogP contribution in [0.5, 0.6) is 0 Å². The van der Waals surface area contributed by atoms with E-state index in [1.54, 1.807) is 11.0 Å². The molecule has 0 aliphatic rings. The predicted octanol–water partition coefficient (Wildman–Crippen LogP) is 3.42. The highest BCUT2D eigenvalue weighted by Crippen LogP contribution is 2.09. The summed E-state index contributed by atoms with van der Waals surface area (Å²) in [6.45, 7) is 0.451. The zero-order valence-electron chi connectivity index (χ0n) is 18.5. The molecule has 8 nitrogen and oxygen atoms in total. The fraction of sp³-hybridized carbons (Fsp3) is 0.154. The van der Waals surface area contributed by atoms with Crippen LogP contribution in [0.2, 0.25) is 0 Å². The van der Waals surface area contributed by atoms with Crippen LogP contribution in [0, 0.1) is 0 Å². The van der Waals surface area contributed by atoms with Crippen LogP contribution >= 0.6 is 0 Å². The van der Waals surface area contributed by atoms with Crippen LogP contribution in [-0.4, -0.2) is 32.8 Å². The molecule has 4 rings (SSSR count). The molecule has 0 radical (unpaired) electrons. The second-order valence-corrected chi connectivity index (χ2v) is 7.67. The first-order chi connectivity index (χ1) is 16.7. The van der Waals surface area contributed by atoms with E-state index in [4.69, 9.17) is 4.74 Å². The molecule has 0 spiro atoms. The Morgan fingerprint density at radius 3 is 2.18 bits per heavy atom. The van der Waals surface area contributed by atoms with Gasteiger partial charge >= 0.3 is 6.09 Å². The Hall–Kier alpha value is -4.46. The van der Waals surface area contributed by atoms with Gasteiger partial charge in [0.15, 0.2) is 0 Å². The summed E-state index contributed by atoms with van der Waals surface area (Å²) in [6.07, 6.45) is 2.79. The number of rotatable bonds is 9. The van der Waals surface area contributed by atoms with Gasteiger partial charge in [-0.05, 0) is 28.8 Å². The normalized spacial score (nSPS) is 11.4. The molecule has 2 amide bonds. The van der Waals surface area contributed by atoms with Gasteiger partial charge in [-0.2, -0.15) is 5.10 Å². The molecule has 1 atom stereocenters. The maximum atomic E-state index is 13.0. The minimum atomic E-state index is -0.778. The minimum Gasteiger partial charge on any atom is -0.445 e. The summed E-state index contributed by atoms with van der Waals surface area (Å²) in [5.74, 6) is -0.291. The van der Waals surface area contributed by atoms with Crippen molar-refractivity contribution in [3.63, 3.8) is 0 Å². The number of alkyl carbamates (subject to hydrolysis) is 1. The third-order valence-electron chi connectivity index (χ3n) is 5.19. The lowest BCUT2D eigenvalue weighted by molar-refractivity contribution is -0.123. The van der Waals surface area contributed by atoms with Gasteiger partial charge < -0.3 is 15.4 Å². The first-order valence-electron chi connectivity index (χ1n) is 10.9. The molecule has 172 valence electrons. The Morgan fingerprint density at radius 1 is 0.853 bits per heavy atom. The molecule has 4 aromatic rings. The number of benzene rings is 3. The lowest BCUT2D eigenvalue weighted by atomic mass is 10.1. The average Bonchev–Trinajstić information content (AvgIpc) is 3.42. The monoisotopic (exact) mass is 455 g/mol. The molecule has 0 fully saturated rings. The van der Waals surface area contributed by atoms with Crippen molar-refractivity contribution in [3.8, 4) is 5.69 Å². The number of carbonyl (C=O) groups is 2. The Balaban J connectivity index is 1.36. The number of nitrogens with one attached hydrogen (secondary N) is 2. The second-order valence-electron chi connectivity index (χ2n) is 7.67. The van der Waals surface area contributed by atoms with E-state index in [1.165, 1.54) is 6.33 Å². The molecule has 0 saturated carbocycles. The zero-order chi connectivity index (χ0) is 23.6. The van der Waals surface area contributed by atoms with E-state index in [1.807, 2.05) is 84.9 Å². The van der Waals surface area contributed by atoms with Crippen molar-refractivity contribution in [3.05, 3.63) is 114 Å². The van der Waals surface area contributed by atoms with E-state index in [0.717, 1.165) is 22.4 Å². The van der Waals surface area contributed by atoms with Crippen LogP contribution in [0.4, 0.5) is 4.79 Å². The van der Waals surface area contributed by atoms with Gasteiger partial charge in [0.1, 0.15) is 25.3 Å². The van der Waals surface area contributed by atoms with E-state index in [0.29, 0.717) is 13.0 Å². The fourth-order valence-electron chi connectivity index (χ4n) is 3.39. The van der Waals surface area contributed by atoms with Crippen LogP contribution in [-0.2, 0) is 29.1 Å². The third kappa shape index (κ3) is 6.52. The lowest BCUT2D eigenvalue weighted by Gasteiger charge is -2.19. The van der Waals surface area contributed by atoms with Gasteiger partial charge in [0.05, 0.1) is 5.69 Å². The van der Waals surface area contributed by atoms with Crippen molar-refractivity contribution in [2.75, 3.05) is 0 Å². The topological polar surface area (TPSA) is 98.1 Å². The summed E-state index contributed by atoms with van der Waals surface area (Å²) in [4.78, 5) is 29.3. The molecular weight excluding hydrogens is 430 g/mol. The van der Waals surface area contributed by atoms with E-state index in [9.17, 15) is 9.59 Å². The van der Waals surface area contributed by atoms with Crippen molar-refractivity contribution in [1.82, 2.24) is 25.4 Å². The summed E-state index contributed by atoms with van der Waals surface area (Å²) < 4.78 is 6.97. The molecule has 8 heteroatoms. The first-order valence-corrected chi connectivity index (χ1v) is 10.9. The largest absolute Gasteiger partial charge is 0.445 e. The third-order valence-corrected chi connectivity index (χ3v) is 5.19. The first kappa shape index (κ1) is 22.7. The number of hydrogen-bond donors (Lipinski definition) is 2. The summed E-state index contributed by atoms with van der Waals surface area (Å²) in [6, 6.07) is 25.8. The molecule has 0 aliphatic heterocycles. The van der Waals surface area contributed by atoms with Crippen LogP contribution in [0.25, 0.3) is 5.69 Å². The molecule has 34 heavy (non-hydrogen) atoms. The van der Waals surface area contributed by atoms with E-state index < -0.39 is 12.1 Å². The number of nitrogens with zero attached hydrogens (tertiary/aromatic N) is 3. The standard InChI is InChI=1S/C26H25N5O3/c32-25(28-16-21-11-13-23(14-12-21)31-19-27-18-29-31)24(15-20-7-3-1-4-8-20)30-26(33)34-17-22-9-5-2-6-10-22/h1-14,18-19,24H,15-17H2,(H,28,32)(H,30,33). The molecule has 1 aromatic heterocycles. The number of ether oxygens (including phenoxy) is 1. The number of hydrogen-bond acceptors (Lipinski definition) is 5.